The van der Waals surface area contributed by atoms with Gasteiger partial charge in [0.1, 0.15) is 30.4 Å². The highest BCUT2D eigenvalue weighted by atomic mass is 32.2. The van der Waals surface area contributed by atoms with Gasteiger partial charge < -0.3 is 24.4 Å². The van der Waals surface area contributed by atoms with Gasteiger partial charge in [-0.1, -0.05) is 25.1 Å². The van der Waals surface area contributed by atoms with Gasteiger partial charge in [0, 0.05) is 24.1 Å². The van der Waals surface area contributed by atoms with Crippen molar-refractivity contribution in [3.8, 4) is 5.75 Å². The van der Waals surface area contributed by atoms with E-state index in [0.717, 1.165) is 0 Å². The number of para-hydroxylation sites is 1. The average Bonchev–Trinajstić information content (AvgIpc) is 2.96. The molecule has 0 radical (unpaired) electrons. The second kappa shape index (κ2) is 12.4. The molecule has 2 aliphatic rings. The van der Waals surface area contributed by atoms with Gasteiger partial charge in [0.15, 0.2) is 12.6 Å². The van der Waals surface area contributed by atoms with Crippen molar-refractivity contribution < 1.29 is 38.3 Å². The second-order valence-electron chi connectivity index (χ2n) is 8.56. The zero-order valence-corrected chi connectivity index (χ0v) is 21.6. The van der Waals surface area contributed by atoms with Crippen LogP contribution in [-0.4, -0.2) is 64.2 Å². The van der Waals surface area contributed by atoms with Crippen molar-refractivity contribution in [3.05, 3.63) is 81.3 Å². The number of amides is 2. The lowest BCUT2D eigenvalue weighted by molar-refractivity contribution is -0.384. The number of β-lactam (4-membered cyclic amide) rings is 1. The predicted molar refractivity (Wildman–Crippen MR) is 138 cm³/mol. The minimum atomic E-state index is -1.17. The van der Waals surface area contributed by atoms with Crippen molar-refractivity contribution in [3.63, 3.8) is 0 Å². The summed E-state index contributed by atoms with van der Waals surface area (Å²) in [5.74, 6) is -1.72. The normalized spacial score (nSPS) is 19.6. The van der Waals surface area contributed by atoms with Gasteiger partial charge in [0.25, 0.3) is 11.6 Å². The Hall–Kier alpha value is -4.39. The number of non-ortho nitro benzene ring substituents is 1. The van der Waals surface area contributed by atoms with Gasteiger partial charge >= 0.3 is 11.9 Å². The third-order valence-electron chi connectivity index (χ3n) is 5.94. The zero-order valence-electron chi connectivity index (χ0n) is 20.8. The summed E-state index contributed by atoms with van der Waals surface area (Å²) >= 11 is 1.21. The van der Waals surface area contributed by atoms with Gasteiger partial charge in [-0.2, -0.15) is 0 Å². The molecule has 2 aromatic carbocycles. The van der Waals surface area contributed by atoms with Crippen molar-refractivity contribution in [2.45, 2.75) is 37.4 Å². The fourth-order valence-electron chi connectivity index (χ4n) is 3.91. The second-order valence-corrected chi connectivity index (χ2v) is 9.55. The Morgan fingerprint density at radius 3 is 2.44 bits per heavy atom. The number of esters is 2. The lowest BCUT2D eigenvalue weighted by atomic mass is 9.98. The van der Waals surface area contributed by atoms with Crippen molar-refractivity contribution in [2.75, 3.05) is 13.2 Å². The molecule has 2 heterocycles. The summed E-state index contributed by atoms with van der Waals surface area (Å²) in [7, 11) is 0. The van der Waals surface area contributed by atoms with Crippen LogP contribution in [0.1, 0.15) is 18.9 Å². The van der Waals surface area contributed by atoms with Crippen molar-refractivity contribution >= 4 is 41.2 Å². The smallest absolute Gasteiger partial charge is 0.333 e. The molecule has 0 spiro atoms. The van der Waals surface area contributed by atoms with E-state index in [1.165, 1.54) is 40.9 Å². The number of carbonyl (C=O) groups is 4. The molecule has 0 saturated carbocycles. The van der Waals surface area contributed by atoms with E-state index >= 15 is 0 Å². The Balaban J connectivity index is 1.42. The summed E-state index contributed by atoms with van der Waals surface area (Å²) in [4.78, 5) is 62.0. The van der Waals surface area contributed by atoms with E-state index in [2.05, 4.69) is 5.32 Å². The predicted octanol–water partition coefficient (Wildman–Crippen LogP) is 2.32. The topological polar surface area (TPSA) is 154 Å². The highest BCUT2D eigenvalue weighted by Gasteiger charge is 2.56. The van der Waals surface area contributed by atoms with E-state index < -0.39 is 46.1 Å². The number of hydrogen-bond donors (Lipinski definition) is 1. The van der Waals surface area contributed by atoms with Crippen LogP contribution in [0, 0.1) is 10.1 Å². The third kappa shape index (κ3) is 6.55. The number of benzene rings is 2. The highest BCUT2D eigenvalue weighted by Crippen LogP contribution is 2.40. The maximum absolute atomic E-state index is 13.2. The van der Waals surface area contributed by atoms with Crippen LogP contribution in [0.2, 0.25) is 0 Å². The first kappa shape index (κ1) is 27.6. The summed E-state index contributed by atoms with van der Waals surface area (Å²) < 4.78 is 16.1. The number of nitrogens with zero attached hydrogens (tertiary/aromatic N) is 2. The van der Waals surface area contributed by atoms with Crippen molar-refractivity contribution in [1.82, 2.24) is 10.2 Å². The summed E-state index contributed by atoms with van der Waals surface area (Å²) in [5.41, 5.74) is 0.767. The number of carbonyl (C=O) groups excluding carboxylic acids is 4. The number of nitro groups is 1. The molecule has 2 aromatic rings. The standard InChI is InChI=1S/C26H25N3O9S/c1-2-21(31)37-13-17-15-39-25-22(27-20(30)14-36-19-6-4-3-5-7-19)24(32)28(25)23(17)26(33)38-12-16-8-10-18(11-9-16)29(34)35/h3-11,15,22-23,25H,2,12-14H2,1H3,(H,27,30)/t22?,23?,25-/m0/s1. The monoisotopic (exact) mass is 555 g/mol. The largest absolute Gasteiger partial charge is 0.484 e. The molecule has 1 N–H and O–H groups in total. The molecular formula is C26H25N3O9S. The Bertz CT molecular complexity index is 1280. The quantitative estimate of drug-likeness (QED) is 0.189. The molecule has 4 rings (SSSR count). The van der Waals surface area contributed by atoms with E-state index in [9.17, 15) is 29.3 Å². The lowest BCUT2D eigenvalue weighted by Gasteiger charge is -2.51. The number of thioether (sulfide) groups is 1. The van der Waals surface area contributed by atoms with Crippen LogP contribution in [0.25, 0.3) is 0 Å². The molecule has 0 aromatic heterocycles. The fourth-order valence-corrected chi connectivity index (χ4v) is 5.12. The molecule has 0 bridgehead atoms. The highest BCUT2D eigenvalue weighted by molar-refractivity contribution is 8.02. The number of hydrogen-bond acceptors (Lipinski definition) is 10. The van der Waals surface area contributed by atoms with Gasteiger partial charge in [-0.05, 0) is 35.2 Å². The molecule has 2 aliphatic heterocycles. The van der Waals surface area contributed by atoms with Crippen LogP contribution in [-0.2, 0) is 35.3 Å². The Labute approximate surface area is 227 Å². The van der Waals surface area contributed by atoms with Crippen LogP contribution >= 0.6 is 11.8 Å². The van der Waals surface area contributed by atoms with Gasteiger partial charge in [-0.15, -0.1) is 11.8 Å². The molecule has 1 saturated heterocycles. The number of fused-ring (bicyclic) bond motifs is 1. The zero-order chi connectivity index (χ0) is 27.9. The maximum atomic E-state index is 13.2. The molecule has 204 valence electrons. The Morgan fingerprint density at radius 2 is 1.77 bits per heavy atom. The first-order valence-electron chi connectivity index (χ1n) is 12.0. The summed E-state index contributed by atoms with van der Waals surface area (Å²) in [6.07, 6.45) is 0.139. The first-order chi connectivity index (χ1) is 18.8. The van der Waals surface area contributed by atoms with Gasteiger partial charge in [0.2, 0.25) is 5.91 Å². The average molecular weight is 556 g/mol. The Kier molecular flexibility index (Phi) is 8.81. The van der Waals surface area contributed by atoms with E-state index in [4.69, 9.17) is 14.2 Å². The van der Waals surface area contributed by atoms with E-state index in [-0.39, 0.29) is 31.9 Å². The maximum Gasteiger partial charge on any atom is 0.333 e. The molecule has 12 nitrogen and oxygen atoms in total. The van der Waals surface area contributed by atoms with Crippen LogP contribution < -0.4 is 10.1 Å². The Morgan fingerprint density at radius 1 is 1.05 bits per heavy atom. The molecule has 2 amide bonds. The van der Waals surface area contributed by atoms with Crippen LogP contribution in [0.3, 0.4) is 0 Å². The summed E-state index contributed by atoms with van der Waals surface area (Å²) in [6, 6.07) is 12.2. The number of nitro benzene ring substituents is 1. The first-order valence-corrected chi connectivity index (χ1v) is 12.9. The van der Waals surface area contributed by atoms with Crippen LogP contribution in [0.5, 0.6) is 5.75 Å². The summed E-state index contributed by atoms with van der Waals surface area (Å²) in [6.45, 7) is 0.938. The van der Waals surface area contributed by atoms with E-state index in [1.54, 1.807) is 36.6 Å². The van der Waals surface area contributed by atoms with E-state index in [1.807, 2.05) is 6.07 Å². The summed E-state index contributed by atoms with van der Waals surface area (Å²) in [5, 5.41) is 14.6. The van der Waals surface area contributed by atoms with Gasteiger partial charge in [0.05, 0.1) is 4.92 Å². The molecule has 3 atom stereocenters. The molecule has 1 fully saturated rings. The molecule has 39 heavy (non-hydrogen) atoms. The minimum Gasteiger partial charge on any atom is -0.484 e. The molecular weight excluding hydrogens is 530 g/mol. The van der Waals surface area contributed by atoms with Gasteiger partial charge in [-0.3, -0.25) is 24.5 Å². The third-order valence-corrected chi connectivity index (χ3v) is 7.15. The fraction of sp³-hybridized carbons (Fsp3) is 0.308. The molecule has 2 unspecified atom stereocenters. The number of nitrogens with one attached hydrogen (secondary N) is 1. The SMILES string of the molecule is CCC(=O)OCC1=CS[C@H]2C(NC(=O)COc3ccccc3)C(=O)N2C1C(=O)OCc1ccc([N+](=O)[O-])cc1. The molecule has 13 heteroatoms. The van der Waals surface area contributed by atoms with Gasteiger partial charge in [-0.25, -0.2) is 4.79 Å². The van der Waals surface area contributed by atoms with Crippen LogP contribution in [0.4, 0.5) is 5.69 Å². The molecule has 0 aliphatic carbocycles. The number of ether oxygens (including phenoxy) is 3. The lowest BCUT2D eigenvalue weighted by Crippen LogP contribution is -2.74. The van der Waals surface area contributed by atoms with Crippen molar-refractivity contribution in [1.29, 1.82) is 0 Å². The van der Waals surface area contributed by atoms with E-state index in [0.29, 0.717) is 16.9 Å². The van der Waals surface area contributed by atoms with Crippen molar-refractivity contribution in [2.24, 2.45) is 0 Å². The minimum absolute atomic E-state index is 0.103. The number of rotatable bonds is 11. The van der Waals surface area contributed by atoms with Crippen LogP contribution in [0.15, 0.2) is 65.6 Å².